The minimum Gasteiger partial charge on any atom is -0.493 e. The summed E-state index contributed by atoms with van der Waals surface area (Å²) in [7, 11) is 0. The zero-order valence-corrected chi connectivity index (χ0v) is 24.2. The summed E-state index contributed by atoms with van der Waals surface area (Å²) in [6.45, 7) is 10.5. The Kier molecular flexibility index (Phi) is 7.96. The molecule has 0 radical (unpaired) electrons. The van der Waals surface area contributed by atoms with Gasteiger partial charge in [0.1, 0.15) is 17.6 Å². The fourth-order valence-electron chi connectivity index (χ4n) is 7.54. The van der Waals surface area contributed by atoms with Gasteiger partial charge < -0.3 is 15.0 Å². The van der Waals surface area contributed by atoms with Crippen molar-refractivity contribution in [1.82, 2.24) is 15.2 Å². The quantitative estimate of drug-likeness (QED) is 0.393. The zero-order chi connectivity index (χ0) is 28.4. The highest BCUT2D eigenvalue weighted by Gasteiger charge is 2.48. The molecule has 7 heteroatoms. The third kappa shape index (κ3) is 5.31. The number of nitrogens with zero attached hydrogens (tertiary/aromatic N) is 4. The molecule has 0 bridgehead atoms. The summed E-state index contributed by atoms with van der Waals surface area (Å²) in [5.74, 6) is 0.873. The summed E-state index contributed by atoms with van der Waals surface area (Å²) in [6.07, 6.45) is 4.44. The molecule has 6 nitrogen and oxygen atoms in total. The standard InChI is InChI=1S/C34H40FN5O/c1-3-25-20-40(32-14-11-26(35)18-24(32)19-36)17-15-34(25)23-39(21-27-8-7-16-37-27)22-31-29(34)12-13-30(38-31)28-9-5-6-10-33(28)41-4-2/h5-6,9-14,18,25,27,37H,3-4,7-8,15-17,20-23H2,1-2H3/t25?,27-,34?/m1/s1. The maximum absolute atomic E-state index is 13.9. The number of ether oxygens (including phenoxy) is 1. The third-order valence-corrected chi connectivity index (χ3v) is 9.46. The number of para-hydroxylation sites is 1. The van der Waals surface area contributed by atoms with Crippen molar-refractivity contribution in [3.8, 4) is 23.1 Å². The molecule has 3 aromatic rings. The molecule has 3 aliphatic rings. The van der Waals surface area contributed by atoms with Gasteiger partial charge in [-0.1, -0.05) is 31.5 Å². The fourth-order valence-corrected chi connectivity index (χ4v) is 7.54. The largest absolute Gasteiger partial charge is 0.493 e. The lowest BCUT2D eigenvalue weighted by molar-refractivity contribution is 0.0968. The highest BCUT2D eigenvalue weighted by atomic mass is 19.1. The first-order valence-electron chi connectivity index (χ1n) is 15.2. The topological polar surface area (TPSA) is 64.4 Å². The Morgan fingerprint density at radius 2 is 2.05 bits per heavy atom. The summed E-state index contributed by atoms with van der Waals surface area (Å²) >= 11 is 0. The van der Waals surface area contributed by atoms with Gasteiger partial charge in [-0.2, -0.15) is 5.26 Å². The van der Waals surface area contributed by atoms with E-state index >= 15 is 0 Å². The van der Waals surface area contributed by atoms with Crippen molar-refractivity contribution in [2.24, 2.45) is 5.92 Å². The lowest BCUT2D eigenvalue weighted by atomic mass is 9.62. The van der Waals surface area contributed by atoms with E-state index in [0.717, 1.165) is 74.8 Å². The Morgan fingerprint density at radius 3 is 2.83 bits per heavy atom. The monoisotopic (exact) mass is 553 g/mol. The van der Waals surface area contributed by atoms with Crippen LogP contribution in [-0.2, 0) is 12.0 Å². The summed E-state index contributed by atoms with van der Waals surface area (Å²) in [6, 6.07) is 20.0. The van der Waals surface area contributed by atoms with Gasteiger partial charge in [0, 0.05) is 49.7 Å². The van der Waals surface area contributed by atoms with Gasteiger partial charge in [-0.3, -0.25) is 9.88 Å². The van der Waals surface area contributed by atoms with Gasteiger partial charge in [0.25, 0.3) is 0 Å². The number of pyridine rings is 1. The molecule has 0 aliphatic carbocycles. The first-order valence-corrected chi connectivity index (χ1v) is 15.2. The van der Waals surface area contributed by atoms with Gasteiger partial charge in [-0.05, 0) is 80.6 Å². The van der Waals surface area contributed by atoms with Crippen LogP contribution < -0.4 is 15.0 Å². The van der Waals surface area contributed by atoms with Crippen LogP contribution in [0.15, 0.2) is 54.6 Å². The van der Waals surface area contributed by atoms with Gasteiger partial charge in [0.05, 0.1) is 29.2 Å². The molecule has 2 fully saturated rings. The van der Waals surface area contributed by atoms with E-state index in [0.29, 0.717) is 24.1 Å². The Hall–Kier alpha value is -3.47. The lowest BCUT2D eigenvalue weighted by Crippen LogP contribution is -2.58. The molecule has 214 valence electrons. The van der Waals surface area contributed by atoms with Gasteiger partial charge in [-0.25, -0.2) is 4.39 Å². The first kappa shape index (κ1) is 27.7. The third-order valence-electron chi connectivity index (χ3n) is 9.46. The summed E-state index contributed by atoms with van der Waals surface area (Å²) in [5.41, 5.74) is 5.75. The zero-order valence-electron chi connectivity index (χ0n) is 24.2. The van der Waals surface area contributed by atoms with Gasteiger partial charge in [0.15, 0.2) is 0 Å². The molecule has 3 aliphatic heterocycles. The number of hydrogen-bond donors (Lipinski definition) is 1. The second-order valence-corrected chi connectivity index (χ2v) is 11.8. The normalized spacial score (nSPS) is 24.3. The summed E-state index contributed by atoms with van der Waals surface area (Å²) in [5, 5.41) is 13.4. The maximum Gasteiger partial charge on any atom is 0.128 e. The van der Waals surface area contributed by atoms with E-state index in [9.17, 15) is 9.65 Å². The van der Waals surface area contributed by atoms with Crippen molar-refractivity contribution in [3.05, 3.63) is 77.2 Å². The number of rotatable bonds is 7. The number of anilines is 1. The van der Waals surface area contributed by atoms with E-state index < -0.39 is 0 Å². The van der Waals surface area contributed by atoms with Crippen LogP contribution in [0.2, 0.25) is 0 Å². The molecule has 1 N–H and O–H groups in total. The van der Waals surface area contributed by atoms with Crippen LogP contribution in [-0.4, -0.2) is 55.3 Å². The van der Waals surface area contributed by atoms with Crippen LogP contribution >= 0.6 is 0 Å². The van der Waals surface area contributed by atoms with Gasteiger partial charge in [-0.15, -0.1) is 0 Å². The molecule has 1 aromatic heterocycles. The van der Waals surface area contributed by atoms with Crippen molar-refractivity contribution >= 4 is 5.69 Å². The Morgan fingerprint density at radius 1 is 1.17 bits per heavy atom. The highest BCUT2D eigenvalue weighted by Crippen LogP contribution is 2.48. The van der Waals surface area contributed by atoms with Crippen LogP contribution in [0.5, 0.6) is 5.75 Å². The number of nitriles is 1. The number of piperidine rings is 1. The van der Waals surface area contributed by atoms with E-state index in [1.807, 2.05) is 25.1 Å². The van der Waals surface area contributed by atoms with E-state index in [2.05, 4.69) is 46.3 Å². The summed E-state index contributed by atoms with van der Waals surface area (Å²) < 4.78 is 19.9. The van der Waals surface area contributed by atoms with Crippen molar-refractivity contribution in [2.45, 2.75) is 57.5 Å². The average Bonchev–Trinajstić information content (AvgIpc) is 3.50. The molecule has 2 unspecified atom stereocenters. The van der Waals surface area contributed by atoms with E-state index in [1.54, 1.807) is 6.07 Å². The van der Waals surface area contributed by atoms with Crippen LogP contribution in [0.25, 0.3) is 11.3 Å². The molecule has 1 spiro atoms. The smallest absolute Gasteiger partial charge is 0.128 e. The molecular weight excluding hydrogens is 513 g/mol. The van der Waals surface area contributed by atoms with Crippen LogP contribution in [0.4, 0.5) is 10.1 Å². The van der Waals surface area contributed by atoms with Crippen LogP contribution in [0.3, 0.4) is 0 Å². The van der Waals surface area contributed by atoms with E-state index in [-0.39, 0.29) is 11.2 Å². The molecule has 0 amide bonds. The highest BCUT2D eigenvalue weighted by molar-refractivity contribution is 5.68. The molecule has 2 aromatic carbocycles. The number of fused-ring (bicyclic) bond motifs is 2. The number of halogens is 1. The number of aromatic nitrogens is 1. The first-order chi connectivity index (χ1) is 20.0. The molecule has 41 heavy (non-hydrogen) atoms. The predicted molar refractivity (Wildman–Crippen MR) is 161 cm³/mol. The number of benzene rings is 2. The minimum absolute atomic E-state index is 0.0325. The second kappa shape index (κ2) is 11.8. The second-order valence-electron chi connectivity index (χ2n) is 11.8. The molecule has 0 saturated carbocycles. The molecular formula is C34H40FN5O. The molecule has 3 atom stereocenters. The molecule has 2 saturated heterocycles. The SMILES string of the molecule is CCOc1ccccc1-c1ccc2c(n1)CN(C[C@H]1CCCN1)CC21CCN(c2ccc(F)cc2C#N)CC1CC. The van der Waals surface area contributed by atoms with Gasteiger partial charge in [0.2, 0.25) is 0 Å². The Balaban J connectivity index is 1.38. The lowest BCUT2D eigenvalue weighted by Gasteiger charge is -2.53. The van der Waals surface area contributed by atoms with E-state index in [1.165, 1.54) is 36.2 Å². The Bertz CT molecular complexity index is 1430. The minimum atomic E-state index is -0.365. The van der Waals surface area contributed by atoms with Crippen molar-refractivity contribution in [1.29, 1.82) is 5.26 Å². The summed E-state index contributed by atoms with van der Waals surface area (Å²) in [4.78, 5) is 10.3. The molecule has 4 heterocycles. The van der Waals surface area contributed by atoms with E-state index in [4.69, 9.17) is 9.72 Å². The van der Waals surface area contributed by atoms with Crippen LogP contribution in [0, 0.1) is 23.1 Å². The van der Waals surface area contributed by atoms with Crippen molar-refractivity contribution in [2.75, 3.05) is 44.2 Å². The Labute approximate surface area is 243 Å². The van der Waals surface area contributed by atoms with Crippen molar-refractivity contribution in [3.63, 3.8) is 0 Å². The number of hydrogen-bond acceptors (Lipinski definition) is 6. The average molecular weight is 554 g/mol. The maximum atomic E-state index is 13.9. The molecule has 6 rings (SSSR count). The number of nitrogens with one attached hydrogen (secondary N) is 1. The van der Waals surface area contributed by atoms with Gasteiger partial charge >= 0.3 is 0 Å². The van der Waals surface area contributed by atoms with Crippen LogP contribution in [0.1, 0.15) is 56.4 Å². The fraction of sp³-hybridized carbons (Fsp3) is 0.471. The predicted octanol–water partition coefficient (Wildman–Crippen LogP) is 5.90. The van der Waals surface area contributed by atoms with Crippen molar-refractivity contribution < 1.29 is 9.13 Å².